The predicted molar refractivity (Wildman–Crippen MR) is 83.6 cm³/mol. The van der Waals surface area contributed by atoms with Crippen LogP contribution in [0.3, 0.4) is 0 Å². The molecule has 1 atom stereocenters. The minimum absolute atomic E-state index is 0.827. The number of likely N-dealkylation sites (tertiary alicyclic amines) is 1. The van der Waals surface area contributed by atoms with Crippen LogP contribution in [0.4, 0.5) is 0 Å². The lowest BCUT2D eigenvalue weighted by atomic mass is 9.95. The molecule has 0 spiro atoms. The van der Waals surface area contributed by atoms with Gasteiger partial charge in [0.25, 0.3) is 0 Å². The summed E-state index contributed by atoms with van der Waals surface area (Å²) in [6.45, 7) is 7.50. The lowest BCUT2D eigenvalue weighted by Gasteiger charge is -2.25. The molecule has 2 nitrogen and oxygen atoms in total. The first-order chi connectivity index (χ1) is 9.38. The van der Waals surface area contributed by atoms with Gasteiger partial charge in [0.05, 0.1) is 0 Å². The van der Waals surface area contributed by atoms with E-state index in [4.69, 9.17) is 0 Å². The first kappa shape index (κ1) is 15.3. The Labute approximate surface area is 120 Å². The molecular formula is C17H34N2. The van der Waals surface area contributed by atoms with Gasteiger partial charge in [-0.05, 0) is 51.1 Å². The molecule has 19 heavy (non-hydrogen) atoms. The Hall–Kier alpha value is -0.0800. The van der Waals surface area contributed by atoms with Crippen molar-refractivity contribution in [2.24, 2.45) is 5.92 Å². The highest BCUT2D eigenvalue weighted by Gasteiger charge is 2.17. The van der Waals surface area contributed by atoms with E-state index in [-0.39, 0.29) is 0 Å². The molecule has 112 valence electrons. The highest BCUT2D eigenvalue weighted by molar-refractivity contribution is 4.74. The van der Waals surface area contributed by atoms with Crippen molar-refractivity contribution in [3.05, 3.63) is 0 Å². The van der Waals surface area contributed by atoms with Gasteiger partial charge in [-0.3, -0.25) is 0 Å². The molecule has 1 unspecified atom stereocenters. The Bertz CT molecular complexity index is 223. The second-order valence-electron chi connectivity index (χ2n) is 6.72. The molecule has 1 saturated heterocycles. The molecule has 1 aliphatic carbocycles. The SMILES string of the molecule is CCCC1CCCN(CCNC2CCCCC2)CC1. The van der Waals surface area contributed by atoms with Crippen LogP contribution in [0.2, 0.25) is 0 Å². The number of nitrogens with one attached hydrogen (secondary N) is 1. The van der Waals surface area contributed by atoms with Gasteiger partial charge in [-0.15, -0.1) is 0 Å². The number of rotatable bonds is 6. The molecule has 2 fully saturated rings. The van der Waals surface area contributed by atoms with Crippen LogP contribution in [0.15, 0.2) is 0 Å². The summed E-state index contributed by atoms with van der Waals surface area (Å²) in [5.41, 5.74) is 0. The van der Waals surface area contributed by atoms with Crippen molar-refractivity contribution in [3.8, 4) is 0 Å². The van der Waals surface area contributed by atoms with Crippen LogP contribution in [-0.4, -0.2) is 37.1 Å². The summed E-state index contributed by atoms with van der Waals surface area (Å²) in [6.07, 6.45) is 14.3. The highest BCUT2D eigenvalue weighted by atomic mass is 15.1. The Morgan fingerprint density at radius 2 is 1.79 bits per heavy atom. The molecule has 0 bridgehead atoms. The number of hydrogen-bond donors (Lipinski definition) is 1. The maximum Gasteiger partial charge on any atom is 0.0107 e. The van der Waals surface area contributed by atoms with Crippen LogP contribution in [0.1, 0.15) is 71.1 Å². The quantitative estimate of drug-likeness (QED) is 0.786. The molecule has 1 heterocycles. The van der Waals surface area contributed by atoms with Gasteiger partial charge < -0.3 is 10.2 Å². The van der Waals surface area contributed by atoms with Crippen LogP contribution < -0.4 is 5.32 Å². The summed E-state index contributed by atoms with van der Waals surface area (Å²) in [5.74, 6) is 1.02. The van der Waals surface area contributed by atoms with Gasteiger partial charge in [0.1, 0.15) is 0 Å². The third-order valence-electron chi connectivity index (χ3n) is 5.10. The van der Waals surface area contributed by atoms with E-state index in [0.29, 0.717) is 0 Å². The first-order valence-corrected chi connectivity index (χ1v) is 8.84. The zero-order valence-corrected chi connectivity index (χ0v) is 13.0. The van der Waals surface area contributed by atoms with Gasteiger partial charge in [0.2, 0.25) is 0 Å². The molecule has 1 saturated carbocycles. The Morgan fingerprint density at radius 1 is 0.947 bits per heavy atom. The normalized spacial score (nSPS) is 27.3. The van der Waals surface area contributed by atoms with E-state index in [0.717, 1.165) is 12.0 Å². The molecule has 1 N–H and O–H groups in total. The molecule has 2 rings (SSSR count). The Morgan fingerprint density at radius 3 is 2.58 bits per heavy atom. The van der Waals surface area contributed by atoms with E-state index in [1.807, 2.05) is 0 Å². The monoisotopic (exact) mass is 266 g/mol. The second-order valence-corrected chi connectivity index (χ2v) is 6.72. The summed E-state index contributed by atoms with van der Waals surface area (Å²) >= 11 is 0. The lowest BCUT2D eigenvalue weighted by Crippen LogP contribution is -2.38. The van der Waals surface area contributed by atoms with E-state index < -0.39 is 0 Å². The van der Waals surface area contributed by atoms with Crippen molar-refractivity contribution in [2.45, 2.75) is 77.2 Å². The second kappa shape index (κ2) is 8.97. The molecule has 0 amide bonds. The standard InChI is InChI=1S/C17H34N2/c1-2-7-16-8-6-13-19(14-11-16)15-12-18-17-9-4-3-5-10-17/h16-18H,2-15H2,1H3. The van der Waals surface area contributed by atoms with E-state index in [2.05, 4.69) is 17.1 Å². The summed E-state index contributed by atoms with van der Waals surface area (Å²) in [5, 5.41) is 3.78. The third-order valence-corrected chi connectivity index (χ3v) is 5.10. The zero-order valence-electron chi connectivity index (χ0n) is 13.0. The van der Waals surface area contributed by atoms with Crippen LogP contribution in [0, 0.1) is 5.92 Å². The summed E-state index contributed by atoms with van der Waals surface area (Å²) in [4.78, 5) is 2.70. The van der Waals surface area contributed by atoms with E-state index in [9.17, 15) is 0 Å². The molecule has 2 aliphatic rings. The van der Waals surface area contributed by atoms with Crippen LogP contribution >= 0.6 is 0 Å². The third kappa shape index (κ3) is 5.83. The molecule has 2 heteroatoms. The summed E-state index contributed by atoms with van der Waals surface area (Å²) in [6, 6.07) is 0.827. The van der Waals surface area contributed by atoms with Gasteiger partial charge in [-0.25, -0.2) is 0 Å². The Balaban J connectivity index is 1.57. The largest absolute Gasteiger partial charge is 0.313 e. The molecule has 0 aromatic heterocycles. The minimum atomic E-state index is 0.827. The Kier molecular flexibility index (Phi) is 7.23. The van der Waals surface area contributed by atoms with E-state index >= 15 is 0 Å². The van der Waals surface area contributed by atoms with Crippen molar-refractivity contribution >= 4 is 0 Å². The van der Waals surface area contributed by atoms with E-state index in [1.165, 1.54) is 90.4 Å². The van der Waals surface area contributed by atoms with Crippen molar-refractivity contribution in [1.29, 1.82) is 0 Å². The molecule has 0 aromatic carbocycles. The fourth-order valence-corrected chi connectivity index (χ4v) is 3.88. The van der Waals surface area contributed by atoms with Crippen molar-refractivity contribution < 1.29 is 0 Å². The van der Waals surface area contributed by atoms with Crippen molar-refractivity contribution in [2.75, 3.05) is 26.2 Å². The zero-order chi connectivity index (χ0) is 13.3. The van der Waals surface area contributed by atoms with Crippen molar-refractivity contribution in [3.63, 3.8) is 0 Å². The number of nitrogens with zero attached hydrogens (tertiary/aromatic N) is 1. The fraction of sp³-hybridized carbons (Fsp3) is 1.00. The van der Waals surface area contributed by atoms with Crippen LogP contribution in [-0.2, 0) is 0 Å². The molecular weight excluding hydrogens is 232 g/mol. The van der Waals surface area contributed by atoms with Gasteiger partial charge >= 0.3 is 0 Å². The lowest BCUT2D eigenvalue weighted by molar-refractivity contribution is 0.266. The van der Waals surface area contributed by atoms with Gasteiger partial charge in [-0.2, -0.15) is 0 Å². The molecule has 0 aromatic rings. The van der Waals surface area contributed by atoms with Gasteiger partial charge in [-0.1, -0.05) is 39.0 Å². The van der Waals surface area contributed by atoms with Gasteiger partial charge in [0, 0.05) is 19.1 Å². The average molecular weight is 266 g/mol. The van der Waals surface area contributed by atoms with Crippen molar-refractivity contribution in [1.82, 2.24) is 10.2 Å². The maximum absolute atomic E-state index is 3.78. The molecule has 0 radical (unpaired) electrons. The average Bonchev–Trinajstić information content (AvgIpc) is 2.66. The van der Waals surface area contributed by atoms with Crippen LogP contribution in [0.25, 0.3) is 0 Å². The molecule has 1 aliphatic heterocycles. The highest BCUT2D eigenvalue weighted by Crippen LogP contribution is 2.21. The maximum atomic E-state index is 3.78. The van der Waals surface area contributed by atoms with Gasteiger partial charge in [0.15, 0.2) is 0 Å². The van der Waals surface area contributed by atoms with E-state index in [1.54, 1.807) is 0 Å². The summed E-state index contributed by atoms with van der Waals surface area (Å²) in [7, 11) is 0. The minimum Gasteiger partial charge on any atom is -0.313 e. The fourth-order valence-electron chi connectivity index (χ4n) is 3.88. The predicted octanol–water partition coefficient (Wildman–Crippen LogP) is 3.81. The topological polar surface area (TPSA) is 15.3 Å². The number of hydrogen-bond acceptors (Lipinski definition) is 2. The summed E-state index contributed by atoms with van der Waals surface area (Å²) < 4.78 is 0. The smallest absolute Gasteiger partial charge is 0.0107 e. The first-order valence-electron chi connectivity index (χ1n) is 8.84. The van der Waals surface area contributed by atoms with Crippen LogP contribution in [0.5, 0.6) is 0 Å².